The molecular formula is C10H7Cl2N3. The Morgan fingerprint density at radius 1 is 1.07 bits per heavy atom. The maximum atomic E-state index is 5.90. The molecule has 0 aliphatic carbocycles. The van der Waals surface area contributed by atoms with Crippen LogP contribution in [0.1, 0.15) is 0 Å². The summed E-state index contributed by atoms with van der Waals surface area (Å²) in [7, 11) is 0. The standard InChI is InChI=1S/C10H7Cl2N3/c11-8-6-13-10(12)15-9(8)14-7-4-2-1-3-5-7/h1-6H,(H,13,14,15). The van der Waals surface area contributed by atoms with E-state index < -0.39 is 0 Å². The third-order valence-electron chi connectivity index (χ3n) is 1.75. The van der Waals surface area contributed by atoms with Gasteiger partial charge >= 0.3 is 0 Å². The van der Waals surface area contributed by atoms with Crippen LogP contribution in [0, 0.1) is 0 Å². The van der Waals surface area contributed by atoms with Gasteiger partial charge in [-0.05, 0) is 23.7 Å². The average Bonchev–Trinajstić information content (AvgIpc) is 2.25. The highest BCUT2D eigenvalue weighted by Gasteiger charge is 2.03. The van der Waals surface area contributed by atoms with Gasteiger partial charge in [-0.1, -0.05) is 29.8 Å². The number of anilines is 2. The van der Waals surface area contributed by atoms with Gasteiger partial charge in [-0.2, -0.15) is 4.98 Å². The maximum absolute atomic E-state index is 5.90. The Hall–Kier alpha value is -1.32. The Balaban J connectivity index is 2.28. The van der Waals surface area contributed by atoms with Crippen LogP contribution in [0.3, 0.4) is 0 Å². The van der Waals surface area contributed by atoms with Crippen molar-refractivity contribution in [2.45, 2.75) is 0 Å². The lowest BCUT2D eigenvalue weighted by molar-refractivity contribution is 1.17. The molecule has 0 bridgehead atoms. The van der Waals surface area contributed by atoms with E-state index in [2.05, 4.69) is 15.3 Å². The summed E-state index contributed by atoms with van der Waals surface area (Å²) in [4.78, 5) is 7.74. The fraction of sp³-hybridized carbons (Fsp3) is 0. The number of hydrogen-bond donors (Lipinski definition) is 1. The van der Waals surface area contributed by atoms with Crippen molar-refractivity contribution in [1.29, 1.82) is 0 Å². The molecule has 0 atom stereocenters. The molecule has 0 aliphatic heterocycles. The highest BCUT2D eigenvalue weighted by molar-refractivity contribution is 6.33. The zero-order chi connectivity index (χ0) is 10.7. The number of para-hydroxylation sites is 1. The van der Waals surface area contributed by atoms with Crippen molar-refractivity contribution in [3.63, 3.8) is 0 Å². The van der Waals surface area contributed by atoms with E-state index in [1.807, 2.05) is 30.3 Å². The van der Waals surface area contributed by atoms with Gasteiger partial charge in [0.15, 0.2) is 5.82 Å². The van der Waals surface area contributed by atoms with Crippen molar-refractivity contribution in [2.75, 3.05) is 5.32 Å². The molecule has 0 amide bonds. The van der Waals surface area contributed by atoms with E-state index in [0.29, 0.717) is 10.8 Å². The van der Waals surface area contributed by atoms with Gasteiger partial charge in [0.2, 0.25) is 5.28 Å². The number of aromatic nitrogens is 2. The van der Waals surface area contributed by atoms with Crippen molar-refractivity contribution in [2.24, 2.45) is 0 Å². The topological polar surface area (TPSA) is 37.8 Å². The van der Waals surface area contributed by atoms with E-state index in [9.17, 15) is 0 Å². The van der Waals surface area contributed by atoms with E-state index in [1.165, 1.54) is 6.20 Å². The van der Waals surface area contributed by atoms with Crippen molar-refractivity contribution >= 4 is 34.7 Å². The van der Waals surface area contributed by atoms with Crippen molar-refractivity contribution < 1.29 is 0 Å². The second-order valence-corrected chi connectivity index (χ2v) is 3.57. The summed E-state index contributed by atoms with van der Waals surface area (Å²) in [5, 5.41) is 3.64. The van der Waals surface area contributed by atoms with Crippen molar-refractivity contribution in [3.05, 3.63) is 46.8 Å². The molecule has 15 heavy (non-hydrogen) atoms. The summed E-state index contributed by atoms with van der Waals surface area (Å²) < 4.78 is 0. The largest absolute Gasteiger partial charge is 0.339 e. The lowest BCUT2D eigenvalue weighted by atomic mass is 10.3. The zero-order valence-corrected chi connectivity index (χ0v) is 9.13. The van der Waals surface area contributed by atoms with Crippen LogP contribution in [-0.4, -0.2) is 9.97 Å². The zero-order valence-electron chi connectivity index (χ0n) is 7.61. The first kappa shape index (κ1) is 10.2. The van der Waals surface area contributed by atoms with Gasteiger partial charge in [-0.3, -0.25) is 0 Å². The number of benzene rings is 1. The molecule has 0 aliphatic rings. The van der Waals surface area contributed by atoms with Crippen LogP contribution in [0.15, 0.2) is 36.5 Å². The predicted molar refractivity (Wildman–Crippen MR) is 61.8 cm³/mol. The molecule has 76 valence electrons. The summed E-state index contributed by atoms with van der Waals surface area (Å²) in [6, 6.07) is 9.58. The molecule has 3 nitrogen and oxygen atoms in total. The summed E-state index contributed by atoms with van der Waals surface area (Å²) in [5.74, 6) is 0.503. The van der Waals surface area contributed by atoms with Gasteiger partial charge in [0.25, 0.3) is 0 Å². The first-order valence-corrected chi connectivity index (χ1v) is 5.01. The maximum Gasteiger partial charge on any atom is 0.224 e. The molecule has 1 aromatic heterocycles. The third kappa shape index (κ3) is 2.58. The molecular weight excluding hydrogens is 233 g/mol. The normalized spacial score (nSPS) is 10.0. The smallest absolute Gasteiger partial charge is 0.224 e. The third-order valence-corrected chi connectivity index (χ3v) is 2.21. The Morgan fingerprint density at radius 3 is 2.53 bits per heavy atom. The first-order chi connectivity index (χ1) is 7.25. The van der Waals surface area contributed by atoms with E-state index in [4.69, 9.17) is 23.2 Å². The van der Waals surface area contributed by atoms with Gasteiger partial charge in [-0.15, -0.1) is 0 Å². The minimum atomic E-state index is 0.165. The lowest BCUT2D eigenvalue weighted by Crippen LogP contribution is -1.95. The summed E-state index contributed by atoms with van der Waals surface area (Å²) >= 11 is 11.6. The number of halogens is 2. The molecule has 0 radical (unpaired) electrons. The molecule has 2 aromatic rings. The summed E-state index contributed by atoms with van der Waals surface area (Å²) in [5.41, 5.74) is 0.897. The minimum absolute atomic E-state index is 0.165. The summed E-state index contributed by atoms with van der Waals surface area (Å²) in [6.07, 6.45) is 1.46. The fourth-order valence-electron chi connectivity index (χ4n) is 1.09. The van der Waals surface area contributed by atoms with Gasteiger partial charge in [0, 0.05) is 5.69 Å². The second-order valence-electron chi connectivity index (χ2n) is 2.83. The van der Waals surface area contributed by atoms with Gasteiger partial charge in [0.1, 0.15) is 5.02 Å². The molecule has 0 fully saturated rings. The van der Waals surface area contributed by atoms with Crippen LogP contribution in [0.25, 0.3) is 0 Å². The highest BCUT2D eigenvalue weighted by atomic mass is 35.5. The van der Waals surface area contributed by atoms with Crippen LogP contribution < -0.4 is 5.32 Å². The Labute approximate surface area is 97.1 Å². The molecule has 2 rings (SSSR count). The second kappa shape index (κ2) is 4.47. The average molecular weight is 240 g/mol. The lowest BCUT2D eigenvalue weighted by Gasteiger charge is -2.06. The van der Waals surface area contributed by atoms with E-state index in [-0.39, 0.29) is 5.28 Å². The van der Waals surface area contributed by atoms with Gasteiger partial charge in [0.05, 0.1) is 6.20 Å². The van der Waals surface area contributed by atoms with Crippen molar-refractivity contribution in [1.82, 2.24) is 9.97 Å². The molecule has 0 spiro atoms. The minimum Gasteiger partial charge on any atom is -0.339 e. The van der Waals surface area contributed by atoms with E-state index in [1.54, 1.807) is 0 Å². The highest BCUT2D eigenvalue weighted by Crippen LogP contribution is 2.23. The quantitative estimate of drug-likeness (QED) is 0.816. The Kier molecular flexibility index (Phi) is 3.04. The number of hydrogen-bond acceptors (Lipinski definition) is 3. The predicted octanol–water partition coefficient (Wildman–Crippen LogP) is 3.53. The molecule has 0 unspecified atom stereocenters. The van der Waals surface area contributed by atoms with E-state index in [0.717, 1.165) is 5.69 Å². The number of nitrogens with zero attached hydrogens (tertiary/aromatic N) is 2. The van der Waals surface area contributed by atoms with Crippen LogP contribution >= 0.6 is 23.2 Å². The van der Waals surface area contributed by atoms with Crippen LogP contribution in [-0.2, 0) is 0 Å². The SMILES string of the molecule is Clc1ncc(Cl)c(Nc2ccccc2)n1. The molecule has 5 heteroatoms. The number of rotatable bonds is 2. The monoisotopic (exact) mass is 239 g/mol. The van der Waals surface area contributed by atoms with Crippen molar-refractivity contribution in [3.8, 4) is 0 Å². The van der Waals surface area contributed by atoms with E-state index >= 15 is 0 Å². The number of nitrogens with one attached hydrogen (secondary N) is 1. The van der Waals surface area contributed by atoms with Crippen LogP contribution in [0.4, 0.5) is 11.5 Å². The first-order valence-electron chi connectivity index (χ1n) is 4.26. The Morgan fingerprint density at radius 2 is 1.80 bits per heavy atom. The molecule has 1 heterocycles. The van der Waals surface area contributed by atoms with Gasteiger partial charge < -0.3 is 5.32 Å². The molecule has 0 saturated heterocycles. The molecule has 1 N–H and O–H groups in total. The van der Waals surface area contributed by atoms with Gasteiger partial charge in [-0.25, -0.2) is 4.98 Å². The van der Waals surface area contributed by atoms with Crippen LogP contribution in [0.2, 0.25) is 10.3 Å². The summed E-state index contributed by atoms with van der Waals surface area (Å²) in [6.45, 7) is 0. The Bertz CT molecular complexity index is 459. The van der Waals surface area contributed by atoms with Crippen LogP contribution in [0.5, 0.6) is 0 Å². The molecule has 1 aromatic carbocycles. The molecule has 0 saturated carbocycles. The fourth-order valence-corrected chi connectivity index (χ4v) is 1.36.